The summed E-state index contributed by atoms with van der Waals surface area (Å²) in [5, 5.41) is 8.92. The number of hydrogen-bond acceptors (Lipinski definition) is 2. The quantitative estimate of drug-likeness (QED) is 0.863. The van der Waals surface area contributed by atoms with Crippen LogP contribution in [0.3, 0.4) is 0 Å². The van der Waals surface area contributed by atoms with Crippen LogP contribution in [0.4, 0.5) is 0 Å². The SMILES string of the molecule is Cc1cc(I)ccc1-c1ccc(CO)o1. The van der Waals surface area contributed by atoms with Crippen LogP contribution in [0.25, 0.3) is 11.3 Å². The van der Waals surface area contributed by atoms with Crippen LogP contribution < -0.4 is 0 Å². The third-order valence-corrected chi connectivity index (χ3v) is 2.94. The van der Waals surface area contributed by atoms with Crippen molar-refractivity contribution in [3.63, 3.8) is 0 Å². The maximum atomic E-state index is 8.92. The van der Waals surface area contributed by atoms with Gasteiger partial charge in [-0.1, -0.05) is 0 Å². The summed E-state index contributed by atoms with van der Waals surface area (Å²) in [5.74, 6) is 1.41. The molecule has 2 aromatic rings. The van der Waals surface area contributed by atoms with Crippen LogP contribution in [-0.2, 0) is 6.61 Å². The monoisotopic (exact) mass is 314 g/mol. The first-order valence-corrected chi connectivity index (χ1v) is 5.74. The second-order valence-corrected chi connectivity index (χ2v) is 4.63. The highest BCUT2D eigenvalue weighted by atomic mass is 127. The summed E-state index contributed by atoms with van der Waals surface area (Å²) in [6, 6.07) is 9.88. The molecule has 1 aromatic carbocycles. The number of halogens is 1. The Morgan fingerprint density at radius 1 is 1.27 bits per heavy atom. The van der Waals surface area contributed by atoms with Crippen molar-refractivity contribution < 1.29 is 9.52 Å². The molecule has 0 atom stereocenters. The van der Waals surface area contributed by atoms with Crippen molar-refractivity contribution in [1.82, 2.24) is 0 Å². The predicted octanol–water partition coefficient (Wildman–Crippen LogP) is 3.35. The molecule has 0 aliphatic carbocycles. The Bertz CT molecular complexity index is 474. The maximum Gasteiger partial charge on any atom is 0.134 e. The van der Waals surface area contributed by atoms with Gasteiger partial charge in [0.2, 0.25) is 0 Å². The Morgan fingerprint density at radius 3 is 2.67 bits per heavy atom. The average molecular weight is 314 g/mol. The third kappa shape index (κ3) is 2.23. The summed E-state index contributed by atoms with van der Waals surface area (Å²) in [6.45, 7) is 2.00. The summed E-state index contributed by atoms with van der Waals surface area (Å²) in [7, 11) is 0. The van der Waals surface area contributed by atoms with Crippen LogP contribution in [0.2, 0.25) is 0 Å². The highest BCUT2D eigenvalue weighted by Gasteiger charge is 2.06. The Labute approximate surface area is 102 Å². The van der Waals surface area contributed by atoms with Gasteiger partial charge in [0.1, 0.15) is 18.1 Å². The first-order chi connectivity index (χ1) is 7.20. The van der Waals surface area contributed by atoms with Crippen molar-refractivity contribution in [2.75, 3.05) is 0 Å². The summed E-state index contributed by atoms with van der Waals surface area (Å²) in [5.41, 5.74) is 2.26. The van der Waals surface area contributed by atoms with Gasteiger partial charge in [0.05, 0.1) is 0 Å². The van der Waals surface area contributed by atoms with E-state index in [9.17, 15) is 0 Å². The van der Waals surface area contributed by atoms with Gasteiger partial charge in [-0.15, -0.1) is 0 Å². The zero-order chi connectivity index (χ0) is 10.8. The number of hydrogen-bond donors (Lipinski definition) is 1. The number of rotatable bonds is 2. The van der Waals surface area contributed by atoms with E-state index in [0.717, 1.165) is 11.3 Å². The molecule has 0 saturated heterocycles. The molecule has 2 nitrogen and oxygen atoms in total. The molecule has 1 N–H and O–H groups in total. The molecule has 0 aliphatic rings. The van der Waals surface area contributed by atoms with Crippen LogP contribution >= 0.6 is 22.6 Å². The zero-order valence-corrected chi connectivity index (χ0v) is 10.5. The van der Waals surface area contributed by atoms with Crippen molar-refractivity contribution in [2.45, 2.75) is 13.5 Å². The first kappa shape index (κ1) is 10.7. The smallest absolute Gasteiger partial charge is 0.134 e. The fourth-order valence-electron chi connectivity index (χ4n) is 1.51. The summed E-state index contributed by atoms with van der Waals surface area (Å²) >= 11 is 2.28. The second-order valence-electron chi connectivity index (χ2n) is 3.38. The van der Waals surface area contributed by atoms with Crippen molar-refractivity contribution in [3.05, 3.63) is 45.2 Å². The van der Waals surface area contributed by atoms with E-state index in [4.69, 9.17) is 9.52 Å². The number of benzene rings is 1. The summed E-state index contributed by atoms with van der Waals surface area (Å²) < 4.78 is 6.70. The first-order valence-electron chi connectivity index (χ1n) is 4.67. The Hall–Kier alpha value is -0.810. The van der Waals surface area contributed by atoms with Crippen LogP contribution in [0, 0.1) is 10.5 Å². The van der Waals surface area contributed by atoms with Gasteiger partial charge in [0, 0.05) is 9.13 Å². The molecule has 0 radical (unpaired) electrons. The molecule has 1 aromatic heterocycles. The van der Waals surface area contributed by atoms with E-state index in [1.54, 1.807) is 6.07 Å². The van der Waals surface area contributed by atoms with Gasteiger partial charge < -0.3 is 9.52 Å². The lowest BCUT2D eigenvalue weighted by atomic mass is 10.1. The molecule has 0 fully saturated rings. The largest absolute Gasteiger partial charge is 0.459 e. The molecule has 0 saturated carbocycles. The molecule has 0 amide bonds. The summed E-state index contributed by atoms with van der Waals surface area (Å²) in [4.78, 5) is 0. The fraction of sp³-hybridized carbons (Fsp3) is 0.167. The summed E-state index contributed by atoms with van der Waals surface area (Å²) in [6.07, 6.45) is 0. The van der Waals surface area contributed by atoms with Gasteiger partial charge in [-0.2, -0.15) is 0 Å². The average Bonchev–Trinajstić information content (AvgIpc) is 2.66. The van der Waals surface area contributed by atoms with Gasteiger partial charge in [-0.3, -0.25) is 0 Å². The van der Waals surface area contributed by atoms with Gasteiger partial charge in [-0.25, -0.2) is 0 Å². The molecule has 2 rings (SSSR count). The minimum atomic E-state index is -0.0522. The number of aryl methyl sites for hydroxylation is 1. The maximum absolute atomic E-state index is 8.92. The lowest BCUT2D eigenvalue weighted by molar-refractivity contribution is 0.248. The molecule has 3 heteroatoms. The van der Waals surface area contributed by atoms with Crippen LogP contribution in [0.15, 0.2) is 34.7 Å². The molecular formula is C12H11IO2. The standard InChI is InChI=1S/C12H11IO2/c1-8-6-9(13)2-4-11(8)12-5-3-10(7-14)15-12/h2-6,14H,7H2,1H3. The van der Waals surface area contributed by atoms with E-state index in [0.29, 0.717) is 5.76 Å². The van der Waals surface area contributed by atoms with Crippen LogP contribution in [0.5, 0.6) is 0 Å². The minimum absolute atomic E-state index is 0.0522. The molecular weight excluding hydrogens is 303 g/mol. The highest BCUT2D eigenvalue weighted by Crippen LogP contribution is 2.26. The third-order valence-electron chi connectivity index (χ3n) is 2.27. The van der Waals surface area contributed by atoms with E-state index < -0.39 is 0 Å². The van der Waals surface area contributed by atoms with E-state index in [2.05, 4.69) is 35.6 Å². The molecule has 0 unspecified atom stereocenters. The molecule has 0 aliphatic heterocycles. The topological polar surface area (TPSA) is 33.4 Å². The van der Waals surface area contributed by atoms with Gasteiger partial charge in [0.25, 0.3) is 0 Å². The van der Waals surface area contributed by atoms with Gasteiger partial charge in [-0.05, 0) is 65.4 Å². The van der Waals surface area contributed by atoms with Crippen molar-refractivity contribution in [1.29, 1.82) is 0 Å². The predicted molar refractivity (Wildman–Crippen MR) is 67.5 cm³/mol. The molecule has 0 bridgehead atoms. The number of furan rings is 1. The Kier molecular flexibility index (Phi) is 3.11. The molecule has 0 spiro atoms. The lowest BCUT2D eigenvalue weighted by Gasteiger charge is -2.02. The van der Waals surface area contributed by atoms with Crippen molar-refractivity contribution in [3.8, 4) is 11.3 Å². The van der Waals surface area contributed by atoms with E-state index in [-0.39, 0.29) is 6.61 Å². The number of aliphatic hydroxyl groups is 1. The number of aliphatic hydroxyl groups excluding tert-OH is 1. The van der Waals surface area contributed by atoms with Crippen LogP contribution in [0.1, 0.15) is 11.3 Å². The lowest BCUT2D eigenvalue weighted by Crippen LogP contribution is -1.82. The Morgan fingerprint density at radius 2 is 2.07 bits per heavy atom. The van der Waals surface area contributed by atoms with Crippen LogP contribution in [-0.4, -0.2) is 5.11 Å². The van der Waals surface area contributed by atoms with Crippen molar-refractivity contribution in [2.24, 2.45) is 0 Å². The fourth-order valence-corrected chi connectivity index (χ4v) is 2.16. The van der Waals surface area contributed by atoms with Gasteiger partial charge >= 0.3 is 0 Å². The van der Waals surface area contributed by atoms with E-state index >= 15 is 0 Å². The van der Waals surface area contributed by atoms with E-state index in [1.165, 1.54) is 9.13 Å². The van der Waals surface area contributed by atoms with Crippen molar-refractivity contribution >= 4 is 22.6 Å². The molecule has 15 heavy (non-hydrogen) atoms. The second kappa shape index (κ2) is 4.37. The van der Waals surface area contributed by atoms with E-state index in [1.807, 2.05) is 18.2 Å². The molecule has 1 heterocycles. The normalized spacial score (nSPS) is 10.6. The zero-order valence-electron chi connectivity index (χ0n) is 8.33. The highest BCUT2D eigenvalue weighted by molar-refractivity contribution is 14.1. The molecule has 78 valence electrons. The minimum Gasteiger partial charge on any atom is -0.459 e. The Balaban J connectivity index is 2.44. The van der Waals surface area contributed by atoms with Gasteiger partial charge in [0.15, 0.2) is 0 Å².